The predicted octanol–water partition coefficient (Wildman–Crippen LogP) is 4.48. The van der Waals surface area contributed by atoms with Gasteiger partial charge in [-0.25, -0.2) is 4.79 Å². The fourth-order valence-corrected chi connectivity index (χ4v) is 4.75. The summed E-state index contributed by atoms with van der Waals surface area (Å²) in [4.78, 5) is 23.7. The molecule has 0 saturated heterocycles. The molecule has 2 atom stereocenters. The zero-order valence-corrected chi connectivity index (χ0v) is 17.0. The number of hydrogen-bond acceptors (Lipinski definition) is 5. The molecule has 0 bridgehead atoms. The first-order valence-corrected chi connectivity index (χ1v) is 9.92. The normalized spacial score (nSPS) is 23.5. The number of esters is 1. The zero-order chi connectivity index (χ0) is 19.8. The molecule has 3 rings (SSSR count). The van der Waals surface area contributed by atoms with Gasteiger partial charge in [-0.05, 0) is 43.0 Å². The fourth-order valence-electron chi connectivity index (χ4n) is 4.25. The predicted molar refractivity (Wildman–Crippen MR) is 105 cm³/mol. The van der Waals surface area contributed by atoms with E-state index in [1.54, 1.807) is 19.1 Å². The molecule has 1 unspecified atom stereocenters. The van der Waals surface area contributed by atoms with Gasteiger partial charge in [-0.3, -0.25) is 4.79 Å². The van der Waals surface area contributed by atoms with Gasteiger partial charge < -0.3 is 15.2 Å². The zero-order valence-electron chi connectivity index (χ0n) is 15.4. The number of carbonyl (C=O) groups excluding carboxylic acids is 2. The second-order valence-electron chi connectivity index (χ2n) is 6.97. The molecule has 2 aliphatic rings. The lowest BCUT2D eigenvalue weighted by molar-refractivity contribution is -0.145. The van der Waals surface area contributed by atoms with Crippen LogP contribution in [-0.2, 0) is 14.3 Å². The third-order valence-electron chi connectivity index (χ3n) is 5.41. The third-order valence-corrected chi connectivity index (χ3v) is 6.26. The summed E-state index contributed by atoms with van der Waals surface area (Å²) in [5.74, 6) is -0.119. The molecule has 0 heterocycles. The van der Waals surface area contributed by atoms with Gasteiger partial charge >= 0.3 is 5.97 Å². The van der Waals surface area contributed by atoms with Crippen LogP contribution in [0.1, 0.15) is 56.7 Å². The van der Waals surface area contributed by atoms with Crippen molar-refractivity contribution in [1.82, 2.24) is 0 Å². The Labute approximate surface area is 168 Å². The fraction of sp³-hybridized carbons (Fsp3) is 0.500. The molecule has 0 spiro atoms. The molecule has 0 amide bonds. The second kappa shape index (κ2) is 7.82. The lowest BCUT2D eigenvalue weighted by Crippen LogP contribution is -2.33. The summed E-state index contributed by atoms with van der Waals surface area (Å²) in [6, 6.07) is 1.43. The molecular weight excluding hydrogens is 389 g/mol. The molecule has 27 heavy (non-hydrogen) atoms. The van der Waals surface area contributed by atoms with Crippen molar-refractivity contribution in [3.63, 3.8) is 0 Å². The maximum absolute atomic E-state index is 12.1. The Bertz CT molecular complexity index is 821. The van der Waals surface area contributed by atoms with Crippen molar-refractivity contribution in [2.24, 2.45) is 11.1 Å². The van der Waals surface area contributed by atoms with E-state index in [4.69, 9.17) is 38.4 Å². The van der Waals surface area contributed by atoms with Gasteiger partial charge in [0.25, 0.3) is 0 Å². The van der Waals surface area contributed by atoms with Gasteiger partial charge in [0.1, 0.15) is 10.8 Å². The highest BCUT2D eigenvalue weighted by Crippen LogP contribution is 2.62. The van der Waals surface area contributed by atoms with E-state index in [1.165, 1.54) is 0 Å². The van der Waals surface area contributed by atoms with Crippen LogP contribution in [0.5, 0.6) is 5.75 Å². The molecule has 1 aromatic carbocycles. The van der Waals surface area contributed by atoms with Crippen LogP contribution in [0.4, 0.5) is 0 Å². The van der Waals surface area contributed by atoms with E-state index in [9.17, 15) is 9.59 Å². The van der Waals surface area contributed by atoms with Crippen LogP contribution in [0.3, 0.4) is 0 Å². The van der Waals surface area contributed by atoms with Crippen LogP contribution < -0.4 is 10.5 Å². The number of rotatable bonds is 6. The smallest absolute Gasteiger partial charge is 0.344 e. The average Bonchev–Trinajstić information content (AvgIpc) is 2.86. The number of nitrogens with two attached hydrogens (primary N) is 1. The highest BCUT2D eigenvalue weighted by Gasteiger charge is 2.50. The minimum absolute atomic E-state index is 0.0756. The second-order valence-corrected chi connectivity index (χ2v) is 7.72. The van der Waals surface area contributed by atoms with Crippen molar-refractivity contribution in [3.05, 3.63) is 33.3 Å². The van der Waals surface area contributed by atoms with E-state index in [1.807, 2.05) is 0 Å². The maximum Gasteiger partial charge on any atom is 0.344 e. The standard InChI is InChI=1S/C20H23Cl2NO4/c1-3-6-20-7-5-11(24)8-13(20)16-12(19(20)23)9-14(17(21)18(16)22)27-10-15(25)26-4-2/h8-9,19H,3-7,10,23H2,1-2H3/t19?,20-/m1/s1. The lowest BCUT2D eigenvalue weighted by Gasteiger charge is -2.37. The van der Waals surface area contributed by atoms with Crippen molar-refractivity contribution >= 4 is 40.5 Å². The molecule has 0 radical (unpaired) electrons. The van der Waals surface area contributed by atoms with Crippen LogP contribution in [0.25, 0.3) is 5.57 Å². The minimum Gasteiger partial charge on any atom is -0.480 e. The van der Waals surface area contributed by atoms with Crippen molar-refractivity contribution in [1.29, 1.82) is 0 Å². The van der Waals surface area contributed by atoms with Gasteiger partial charge in [-0.2, -0.15) is 0 Å². The molecule has 7 heteroatoms. The van der Waals surface area contributed by atoms with Crippen molar-refractivity contribution in [2.45, 2.75) is 45.6 Å². The van der Waals surface area contributed by atoms with Crippen LogP contribution in [0.2, 0.25) is 10.0 Å². The largest absolute Gasteiger partial charge is 0.480 e. The van der Waals surface area contributed by atoms with Crippen molar-refractivity contribution < 1.29 is 19.1 Å². The van der Waals surface area contributed by atoms with Gasteiger partial charge in [0.05, 0.1) is 11.6 Å². The van der Waals surface area contributed by atoms with Crippen LogP contribution in [0.15, 0.2) is 12.1 Å². The Hall–Kier alpha value is -1.56. The lowest BCUT2D eigenvalue weighted by atomic mass is 9.68. The summed E-state index contributed by atoms with van der Waals surface area (Å²) >= 11 is 13.0. The van der Waals surface area contributed by atoms with Gasteiger partial charge in [-0.1, -0.05) is 36.5 Å². The minimum atomic E-state index is -0.487. The van der Waals surface area contributed by atoms with Crippen molar-refractivity contribution in [3.8, 4) is 5.75 Å². The summed E-state index contributed by atoms with van der Waals surface area (Å²) in [5.41, 5.74) is 8.76. The first kappa shape index (κ1) is 20.2. The first-order chi connectivity index (χ1) is 12.9. The quantitative estimate of drug-likeness (QED) is 0.697. The van der Waals surface area contributed by atoms with E-state index in [0.29, 0.717) is 23.6 Å². The number of benzene rings is 1. The number of ketones is 1. The summed E-state index contributed by atoms with van der Waals surface area (Å²) in [7, 11) is 0. The molecule has 0 aromatic heterocycles. The Balaban J connectivity index is 2.05. The van der Waals surface area contributed by atoms with Gasteiger partial charge in [0.15, 0.2) is 12.4 Å². The first-order valence-electron chi connectivity index (χ1n) is 9.17. The molecule has 146 valence electrons. The SMILES string of the molecule is CCC[C@@]12CCC(=O)C=C1c1c(cc(OCC(=O)OCC)c(Cl)c1Cl)C2N. The molecule has 2 aliphatic carbocycles. The van der Waals surface area contributed by atoms with Crippen LogP contribution >= 0.6 is 23.2 Å². The maximum atomic E-state index is 12.1. The molecule has 1 aromatic rings. The number of halogens is 2. The highest BCUT2D eigenvalue weighted by atomic mass is 35.5. The average molecular weight is 412 g/mol. The van der Waals surface area contributed by atoms with Crippen LogP contribution in [0, 0.1) is 5.41 Å². The molecule has 5 nitrogen and oxygen atoms in total. The summed E-state index contributed by atoms with van der Waals surface area (Å²) in [6.45, 7) is 3.83. The van der Waals surface area contributed by atoms with E-state index in [0.717, 1.165) is 29.5 Å². The molecule has 2 N–H and O–H groups in total. The van der Waals surface area contributed by atoms with Gasteiger partial charge in [0.2, 0.25) is 0 Å². The number of allylic oxidation sites excluding steroid dienone is 1. The number of fused-ring (bicyclic) bond motifs is 3. The van der Waals surface area contributed by atoms with Gasteiger partial charge in [0, 0.05) is 23.4 Å². The summed E-state index contributed by atoms with van der Waals surface area (Å²) < 4.78 is 10.4. The Kier molecular flexibility index (Phi) is 5.84. The molecule has 0 fully saturated rings. The summed E-state index contributed by atoms with van der Waals surface area (Å²) in [6.07, 6.45) is 4.63. The molecular formula is C20H23Cl2NO4. The van der Waals surface area contributed by atoms with E-state index in [-0.39, 0.29) is 35.5 Å². The van der Waals surface area contributed by atoms with Crippen molar-refractivity contribution in [2.75, 3.05) is 13.2 Å². The monoisotopic (exact) mass is 411 g/mol. The summed E-state index contributed by atoms with van der Waals surface area (Å²) in [5, 5.41) is 0.514. The Morgan fingerprint density at radius 2 is 2.07 bits per heavy atom. The molecule has 0 saturated carbocycles. The topological polar surface area (TPSA) is 78.6 Å². The van der Waals surface area contributed by atoms with E-state index in [2.05, 4.69) is 6.92 Å². The Morgan fingerprint density at radius 3 is 2.74 bits per heavy atom. The number of carbonyl (C=O) groups is 2. The molecule has 0 aliphatic heterocycles. The number of hydrogen-bond donors (Lipinski definition) is 1. The van der Waals surface area contributed by atoms with Gasteiger partial charge in [-0.15, -0.1) is 0 Å². The highest BCUT2D eigenvalue weighted by molar-refractivity contribution is 6.44. The Morgan fingerprint density at radius 1 is 1.33 bits per heavy atom. The number of ether oxygens (including phenoxy) is 2. The van der Waals surface area contributed by atoms with E-state index < -0.39 is 5.97 Å². The third kappa shape index (κ3) is 3.37. The van der Waals surface area contributed by atoms with E-state index >= 15 is 0 Å². The van der Waals surface area contributed by atoms with Crippen LogP contribution in [-0.4, -0.2) is 25.0 Å².